The number of anilines is 1. The molecule has 0 radical (unpaired) electrons. The highest BCUT2D eigenvalue weighted by Crippen LogP contribution is 2.15. The van der Waals surface area contributed by atoms with Gasteiger partial charge in [-0.15, -0.1) is 0 Å². The summed E-state index contributed by atoms with van der Waals surface area (Å²) < 4.78 is 1.82. The minimum Gasteiger partial charge on any atom is -0.354 e. The van der Waals surface area contributed by atoms with E-state index in [4.69, 9.17) is 5.26 Å². The molecule has 4 rings (SSSR count). The molecular weight excluding hydrogens is 340 g/mol. The minimum atomic E-state index is -0.0375. The molecule has 2 aromatic heterocycles. The summed E-state index contributed by atoms with van der Waals surface area (Å²) in [4.78, 5) is 24.1. The number of nitrogens with zero attached hydrogens (tertiary/aromatic N) is 5. The molecule has 0 amide bonds. The number of pyridine rings is 1. The highest BCUT2D eigenvalue weighted by Gasteiger charge is 2.18. The number of imidazole rings is 1. The molecule has 0 spiro atoms. The number of nitrogens with one attached hydrogen (secondary N) is 1. The van der Waals surface area contributed by atoms with Crippen molar-refractivity contribution in [3.63, 3.8) is 0 Å². The van der Waals surface area contributed by atoms with Crippen molar-refractivity contribution in [2.24, 2.45) is 0 Å². The second-order valence-corrected chi connectivity index (χ2v) is 6.80. The largest absolute Gasteiger partial charge is 0.354 e. The Hall–Kier alpha value is -3.11. The van der Waals surface area contributed by atoms with Crippen molar-refractivity contribution in [3.8, 4) is 6.07 Å². The van der Waals surface area contributed by atoms with Crippen LogP contribution in [0.5, 0.6) is 0 Å². The number of hydrogen-bond donors (Lipinski definition) is 1. The van der Waals surface area contributed by atoms with Crippen LogP contribution in [0.2, 0.25) is 0 Å². The zero-order chi connectivity index (χ0) is 18.6. The summed E-state index contributed by atoms with van der Waals surface area (Å²) in [5, 5.41) is 9.03. The van der Waals surface area contributed by atoms with Crippen molar-refractivity contribution < 1.29 is 0 Å². The third-order valence-corrected chi connectivity index (χ3v) is 5.11. The van der Waals surface area contributed by atoms with Crippen molar-refractivity contribution in [2.75, 3.05) is 37.6 Å². The van der Waals surface area contributed by atoms with E-state index >= 15 is 0 Å². The summed E-state index contributed by atoms with van der Waals surface area (Å²) in [5.41, 5.74) is 2.47. The number of fused-ring (bicyclic) bond motifs is 1. The van der Waals surface area contributed by atoms with Gasteiger partial charge in [0.2, 0.25) is 0 Å². The van der Waals surface area contributed by atoms with Crippen LogP contribution in [0.3, 0.4) is 0 Å². The van der Waals surface area contributed by atoms with Gasteiger partial charge in [0.05, 0.1) is 22.7 Å². The van der Waals surface area contributed by atoms with Crippen molar-refractivity contribution in [1.29, 1.82) is 5.26 Å². The second-order valence-electron chi connectivity index (χ2n) is 6.80. The zero-order valence-electron chi connectivity index (χ0n) is 15.1. The van der Waals surface area contributed by atoms with Crippen molar-refractivity contribution >= 4 is 16.9 Å². The van der Waals surface area contributed by atoms with Crippen LogP contribution in [0.1, 0.15) is 12.0 Å². The smallest absolute Gasteiger partial charge is 0.326 e. The monoisotopic (exact) mass is 362 g/mol. The van der Waals surface area contributed by atoms with Gasteiger partial charge in [0.1, 0.15) is 5.82 Å². The van der Waals surface area contributed by atoms with Gasteiger partial charge in [0.15, 0.2) is 0 Å². The van der Waals surface area contributed by atoms with Gasteiger partial charge in [-0.3, -0.25) is 9.47 Å². The van der Waals surface area contributed by atoms with E-state index in [1.807, 2.05) is 34.9 Å². The molecule has 27 heavy (non-hydrogen) atoms. The SMILES string of the molecule is N#Cc1ccnc(N2CCN(CCCn3c(=O)[nH]c4ccccc43)CC2)c1. The molecule has 1 fully saturated rings. The normalized spacial score (nSPS) is 15.1. The summed E-state index contributed by atoms with van der Waals surface area (Å²) in [6.45, 7) is 5.40. The highest BCUT2D eigenvalue weighted by atomic mass is 16.1. The maximum absolute atomic E-state index is 12.1. The fraction of sp³-hybridized carbons (Fsp3) is 0.350. The predicted octanol–water partition coefficient (Wildman–Crippen LogP) is 1.81. The van der Waals surface area contributed by atoms with E-state index in [1.165, 1.54) is 0 Å². The van der Waals surface area contributed by atoms with Crippen LogP contribution in [0.25, 0.3) is 11.0 Å². The Kier molecular flexibility index (Phi) is 4.90. The molecule has 138 valence electrons. The average Bonchev–Trinajstić information content (AvgIpc) is 3.04. The van der Waals surface area contributed by atoms with Gasteiger partial charge in [0, 0.05) is 38.9 Å². The van der Waals surface area contributed by atoms with Gasteiger partial charge in [-0.1, -0.05) is 12.1 Å². The number of aromatic amines is 1. The Bertz CT molecular complexity index is 1020. The van der Waals surface area contributed by atoms with E-state index in [9.17, 15) is 4.79 Å². The molecule has 7 nitrogen and oxygen atoms in total. The number of rotatable bonds is 5. The lowest BCUT2D eigenvalue weighted by Crippen LogP contribution is -2.47. The molecule has 7 heteroatoms. The number of benzene rings is 1. The van der Waals surface area contributed by atoms with E-state index in [-0.39, 0.29) is 5.69 Å². The summed E-state index contributed by atoms with van der Waals surface area (Å²) >= 11 is 0. The number of aromatic nitrogens is 3. The fourth-order valence-electron chi connectivity index (χ4n) is 3.64. The number of H-pyrrole nitrogens is 1. The van der Waals surface area contributed by atoms with Crippen LogP contribution in [0.4, 0.5) is 5.82 Å². The molecule has 3 heterocycles. The average molecular weight is 362 g/mol. The van der Waals surface area contributed by atoms with Crippen LogP contribution in [-0.2, 0) is 6.54 Å². The molecule has 0 unspecified atom stereocenters. The van der Waals surface area contributed by atoms with Crippen LogP contribution < -0.4 is 10.6 Å². The maximum atomic E-state index is 12.1. The molecule has 1 aromatic carbocycles. The van der Waals surface area contributed by atoms with Gasteiger partial charge >= 0.3 is 5.69 Å². The third kappa shape index (κ3) is 3.71. The number of aryl methyl sites for hydroxylation is 1. The van der Waals surface area contributed by atoms with Crippen molar-refractivity contribution in [3.05, 3.63) is 58.6 Å². The lowest BCUT2D eigenvalue weighted by atomic mass is 10.2. The van der Waals surface area contributed by atoms with Crippen molar-refractivity contribution in [2.45, 2.75) is 13.0 Å². The van der Waals surface area contributed by atoms with Crippen molar-refractivity contribution in [1.82, 2.24) is 19.4 Å². The number of piperazine rings is 1. The Balaban J connectivity index is 1.30. The summed E-state index contributed by atoms with van der Waals surface area (Å²) in [6.07, 6.45) is 2.63. The molecular formula is C20H22N6O. The fourth-order valence-corrected chi connectivity index (χ4v) is 3.64. The number of hydrogen-bond acceptors (Lipinski definition) is 5. The maximum Gasteiger partial charge on any atom is 0.326 e. The molecule has 1 saturated heterocycles. The summed E-state index contributed by atoms with van der Waals surface area (Å²) in [6, 6.07) is 13.5. The molecule has 0 bridgehead atoms. The first-order chi connectivity index (χ1) is 13.2. The molecule has 0 saturated carbocycles. The van der Waals surface area contributed by atoms with E-state index < -0.39 is 0 Å². The molecule has 1 aliphatic rings. The number of para-hydroxylation sites is 2. The van der Waals surface area contributed by atoms with Gasteiger partial charge in [-0.2, -0.15) is 5.26 Å². The van der Waals surface area contributed by atoms with E-state index in [0.717, 1.165) is 62.5 Å². The summed E-state index contributed by atoms with van der Waals surface area (Å²) in [7, 11) is 0. The highest BCUT2D eigenvalue weighted by molar-refractivity contribution is 5.74. The van der Waals surface area contributed by atoms with Crippen LogP contribution in [-0.4, -0.2) is 52.2 Å². The molecule has 0 atom stereocenters. The van der Waals surface area contributed by atoms with Gasteiger partial charge < -0.3 is 9.88 Å². The third-order valence-electron chi connectivity index (χ3n) is 5.11. The Morgan fingerprint density at radius 3 is 2.74 bits per heavy atom. The second kappa shape index (κ2) is 7.64. The Labute approximate surface area is 157 Å². The number of nitriles is 1. The van der Waals surface area contributed by atoms with E-state index in [2.05, 4.69) is 25.8 Å². The Morgan fingerprint density at radius 2 is 1.93 bits per heavy atom. The lowest BCUT2D eigenvalue weighted by molar-refractivity contribution is 0.250. The quantitative estimate of drug-likeness (QED) is 0.749. The van der Waals surface area contributed by atoms with E-state index in [0.29, 0.717) is 5.56 Å². The topological polar surface area (TPSA) is 80.9 Å². The standard InChI is InChI=1S/C20H22N6O/c21-15-16-6-7-22-19(14-16)25-12-10-24(11-13-25)8-3-9-26-18-5-2-1-4-17(18)23-20(26)27/h1-2,4-7,14H,3,8-13H2,(H,23,27). The predicted molar refractivity (Wildman–Crippen MR) is 105 cm³/mol. The Morgan fingerprint density at radius 1 is 1.11 bits per heavy atom. The molecule has 3 aromatic rings. The first kappa shape index (κ1) is 17.3. The summed E-state index contributed by atoms with van der Waals surface area (Å²) in [5.74, 6) is 0.874. The first-order valence-corrected chi connectivity index (χ1v) is 9.25. The molecule has 1 N–H and O–H groups in total. The van der Waals surface area contributed by atoms with Crippen LogP contribution in [0, 0.1) is 11.3 Å². The molecule has 1 aliphatic heterocycles. The van der Waals surface area contributed by atoms with Gasteiger partial charge in [-0.25, -0.2) is 9.78 Å². The van der Waals surface area contributed by atoms with Crippen LogP contribution in [0.15, 0.2) is 47.4 Å². The minimum absolute atomic E-state index is 0.0375. The van der Waals surface area contributed by atoms with E-state index in [1.54, 1.807) is 12.3 Å². The van der Waals surface area contributed by atoms with Crippen LogP contribution >= 0.6 is 0 Å². The zero-order valence-corrected chi connectivity index (χ0v) is 15.1. The first-order valence-electron chi connectivity index (χ1n) is 9.25. The lowest BCUT2D eigenvalue weighted by Gasteiger charge is -2.35. The molecule has 0 aliphatic carbocycles. The van der Waals surface area contributed by atoms with Gasteiger partial charge in [-0.05, 0) is 37.2 Å². The van der Waals surface area contributed by atoms with Gasteiger partial charge in [0.25, 0.3) is 0 Å².